The Kier molecular flexibility index (Phi) is 3.80. The average molecular weight is 220 g/mol. The molecule has 3 nitrogen and oxygen atoms in total. The fraction of sp³-hybridized carbons (Fsp3) is 0.538. The average Bonchev–Trinajstić information content (AvgIpc) is 2.38. The first-order chi connectivity index (χ1) is 7.85. The van der Waals surface area contributed by atoms with E-state index in [0.717, 1.165) is 19.5 Å². The summed E-state index contributed by atoms with van der Waals surface area (Å²) in [6, 6.07) is 8.38. The lowest BCUT2D eigenvalue weighted by Crippen LogP contribution is -2.39. The second kappa shape index (κ2) is 5.32. The summed E-state index contributed by atoms with van der Waals surface area (Å²) in [5.41, 5.74) is 8.26. The van der Waals surface area contributed by atoms with E-state index in [2.05, 4.69) is 23.1 Å². The molecule has 0 saturated carbocycles. The Hall–Kier alpha value is -1.06. The lowest BCUT2D eigenvalue weighted by molar-refractivity contribution is 0.0893. The first-order valence-corrected chi connectivity index (χ1v) is 5.91. The topological polar surface area (TPSA) is 38.5 Å². The van der Waals surface area contributed by atoms with Crippen LogP contribution in [0.3, 0.4) is 0 Å². The molecule has 88 valence electrons. The molecular formula is C13H20N2O. The number of rotatable bonds is 3. The quantitative estimate of drug-likeness (QED) is 0.843. The van der Waals surface area contributed by atoms with Gasteiger partial charge in [-0.1, -0.05) is 18.2 Å². The summed E-state index contributed by atoms with van der Waals surface area (Å²) in [5.74, 6) is 0. The highest BCUT2D eigenvalue weighted by atomic mass is 16.5. The van der Waals surface area contributed by atoms with Crippen molar-refractivity contribution < 1.29 is 4.74 Å². The van der Waals surface area contributed by atoms with Crippen LogP contribution in [0.2, 0.25) is 0 Å². The van der Waals surface area contributed by atoms with Crippen LogP contribution < -0.4 is 10.6 Å². The van der Waals surface area contributed by atoms with Crippen molar-refractivity contribution in [1.29, 1.82) is 0 Å². The third kappa shape index (κ3) is 2.36. The fourth-order valence-electron chi connectivity index (χ4n) is 2.34. The van der Waals surface area contributed by atoms with E-state index in [4.69, 9.17) is 10.5 Å². The van der Waals surface area contributed by atoms with E-state index in [1.807, 2.05) is 6.07 Å². The second-order valence-corrected chi connectivity index (χ2v) is 4.28. The van der Waals surface area contributed by atoms with Gasteiger partial charge in [0.25, 0.3) is 0 Å². The van der Waals surface area contributed by atoms with Crippen molar-refractivity contribution in [2.24, 2.45) is 5.73 Å². The molecule has 0 bridgehead atoms. The van der Waals surface area contributed by atoms with Crippen molar-refractivity contribution in [3.05, 3.63) is 29.8 Å². The second-order valence-electron chi connectivity index (χ2n) is 4.28. The summed E-state index contributed by atoms with van der Waals surface area (Å²) in [6.07, 6.45) is 2.72. The monoisotopic (exact) mass is 220 g/mol. The summed E-state index contributed by atoms with van der Waals surface area (Å²) < 4.78 is 5.44. The van der Waals surface area contributed by atoms with Crippen LogP contribution in [0, 0.1) is 0 Å². The Labute approximate surface area is 97.2 Å². The molecule has 1 aliphatic rings. The van der Waals surface area contributed by atoms with E-state index in [0.29, 0.717) is 12.6 Å². The molecule has 0 amide bonds. The Morgan fingerprint density at radius 1 is 1.44 bits per heavy atom. The predicted octanol–water partition coefficient (Wildman–Crippen LogP) is 1.76. The molecule has 1 aromatic carbocycles. The molecule has 2 rings (SSSR count). The highest BCUT2D eigenvalue weighted by molar-refractivity contribution is 5.54. The Morgan fingerprint density at radius 2 is 2.25 bits per heavy atom. The molecule has 1 saturated heterocycles. The van der Waals surface area contributed by atoms with Gasteiger partial charge in [0.2, 0.25) is 0 Å². The first kappa shape index (κ1) is 11.4. The number of hydrogen-bond donors (Lipinski definition) is 1. The van der Waals surface area contributed by atoms with Gasteiger partial charge in [-0.15, -0.1) is 0 Å². The van der Waals surface area contributed by atoms with Gasteiger partial charge in [-0.25, -0.2) is 0 Å². The Bertz CT molecular complexity index is 340. The van der Waals surface area contributed by atoms with Crippen LogP contribution in [0.1, 0.15) is 18.4 Å². The highest BCUT2D eigenvalue weighted by Gasteiger charge is 2.20. The van der Waals surface area contributed by atoms with Crippen LogP contribution in [-0.2, 0) is 11.3 Å². The van der Waals surface area contributed by atoms with Crippen LogP contribution in [-0.4, -0.2) is 26.3 Å². The van der Waals surface area contributed by atoms with Gasteiger partial charge in [0, 0.05) is 32.4 Å². The summed E-state index contributed by atoms with van der Waals surface area (Å²) in [4.78, 5) is 2.39. The van der Waals surface area contributed by atoms with Crippen LogP contribution in [0.15, 0.2) is 24.3 Å². The van der Waals surface area contributed by atoms with E-state index in [1.54, 1.807) is 7.11 Å². The molecule has 1 aliphatic heterocycles. The molecule has 1 aromatic rings. The molecule has 1 atom stereocenters. The van der Waals surface area contributed by atoms with Crippen molar-refractivity contribution in [3.63, 3.8) is 0 Å². The zero-order valence-electron chi connectivity index (χ0n) is 9.86. The van der Waals surface area contributed by atoms with Gasteiger partial charge in [-0.05, 0) is 24.5 Å². The maximum Gasteiger partial charge on any atom is 0.0746 e. The van der Waals surface area contributed by atoms with Crippen molar-refractivity contribution in [3.8, 4) is 0 Å². The summed E-state index contributed by atoms with van der Waals surface area (Å²) >= 11 is 0. The maximum absolute atomic E-state index is 5.77. The number of para-hydroxylation sites is 1. The molecule has 0 radical (unpaired) electrons. The van der Waals surface area contributed by atoms with Crippen molar-refractivity contribution in [2.75, 3.05) is 25.1 Å². The third-order valence-corrected chi connectivity index (χ3v) is 3.26. The van der Waals surface area contributed by atoms with E-state index in [-0.39, 0.29) is 0 Å². The molecule has 1 unspecified atom stereocenters. The Balaban J connectivity index is 2.16. The minimum absolute atomic E-state index is 0.361. The summed E-state index contributed by atoms with van der Waals surface area (Å²) in [6.45, 7) is 2.69. The number of anilines is 1. The van der Waals surface area contributed by atoms with Gasteiger partial charge in [0.1, 0.15) is 0 Å². The van der Waals surface area contributed by atoms with Gasteiger partial charge in [-0.2, -0.15) is 0 Å². The predicted molar refractivity (Wildman–Crippen MR) is 66.6 cm³/mol. The smallest absolute Gasteiger partial charge is 0.0746 e. The van der Waals surface area contributed by atoms with Gasteiger partial charge < -0.3 is 15.4 Å². The first-order valence-electron chi connectivity index (χ1n) is 5.91. The molecule has 3 heteroatoms. The van der Waals surface area contributed by atoms with Crippen LogP contribution in [0.25, 0.3) is 0 Å². The van der Waals surface area contributed by atoms with E-state index < -0.39 is 0 Å². The number of nitrogens with two attached hydrogens (primary N) is 1. The number of nitrogens with zero attached hydrogens (tertiary/aromatic N) is 1. The molecular weight excluding hydrogens is 200 g/mol. The van der Waals surface area contributed by atoms with Crippen LogP contribution >= 0.6 is 0 Å². The zero-order chi connectivity index (χ0) is 11.4. The van der Waals surface area contributed by atoms with Crippen LogP contribution in [0.4, 0.5) is 5.69 Å². The van der Waals surface area contributed by atoms with Crippen molar-refractivity contribution in [2.45, 2.75) is 25.5 Å². The van der Waals surface area contributed by atoms with Crippen LogP contribution in [0.5, 0.6) is 0 Å². The van der Waals surface area contributed by atoms with Crippen molar-refractivity contribution in [1.82, 2.24) is 0 Å². The number of benzene rings is 1. The summed E-state index contributed by atoms with van der Waals surface area (Å²) in [5, 5.41) is 0. The molecule has 16 heavy (non-hydrogen) atoms. The van der Waals surface area contributed by atoms with E-state index in [1.165, 1.54) is 17.7 Å². The largest absolute Gasteiger partial charge is 0.380 e. The van der Waals surface area contributed by atoms with E-state index >= 15 is 0 Å². The lowest BCUT2D eigenvalue weighted by atomic mass is 10.1. The van der Waals surface area contributed by atoms with Crippen molar-refractivity contribution >= 4 is 5.69 Å². The normalized spacial score (nSPS) is 21.1. The standard InChI is InChI=1S/C13H20N2O/c1-16-12-6-4-8-15(10-12)13-7-3-2-5-11(13)9-14/h2-3,5,7,12H,4,6,8-10,14H2,1H3. The summed E-state index contributed by atoms with van der Waals surface area (Å²) in [7, 11) is 1.79. The number of hydrogen-bond acceptors (Lipinski definition) is 3. The number of methoxy groups -OCH3 is 1. The third-order valence-electron chi connectivity index (χ3n) is 3.26. The minimum Gasteiger partial charge on any atom is -0.380 e. The highest BCUT2D eigenvalue weighted by Crippen LogP contribution is 2.24. The molecule has 2 N–H and O–H groups in total. The van der Waals surface area contributed by atoms with Gasteiger partial charge in [0.05, 0.1) is 6.10 Å². The molecule has 1 fully saturated rings. The van der Waals surface area contributed by atoms with Gasteiger partial charge in [0.15, 0.2) is 0 Å². The SMILES string of the molecule is COC1CCCN(c2ccccc2CN)C1. The Morgan fingerprint density at radius 3 is 3.00 bits per heavy atom. The number of piperidine rings is 1. The molecule has 1 heterocycles. The number of ether oxygens (including phenoxy) is 1. The van der Waals surface area contributed by atoms with Gasteiger partial charge >= 0.3 is 0 Å². The zero-order valence-corrected chi connectivity index (χ0v) is 9.86. The van der Waals surface area contributed by atoms with E-state index in [9.17, 15) is 0 Å². The fourth-order valence-corrected chi connectivity index (χ4v) is 2.34. The minimum atomic E-state index is 0.361. The maximum atomic E-state index is 5.77. The molecule has 0 aromatic heterocycles. The molecule has 0 spiro atoms. The molecule has 0 aliphatic carbocycles. The lowest BCUT2D eigenvalue weighted by Gasteiger charge is -2.34. The van der Waals surface area contributed by atoms with Gasteiger partial charge in [-0.3, -0.25) is 0 Å².